The quantitative estimate of drug-likeness (QED) is 0.570. The Morgan fingerprint density at radius 3 is 2.29 bits per heavy atom. The normalized spacial score (nSPS) is 11.2. The Balaban J connectivity index is 2.75. The molecule has 0 spiro atoms. The second kappa shape index (κ2) is 6.15. The molecule has 2 aromatic carbocycles. The van der Waals surface area contributed by atoms with Crippen molar-refractivity contribution in [1.82, 2.24) is 0 Å². The molecular weight excluding hydrogens is 403 g/mol. The highest BCUT2D eigenvalue weighted by atomic mass is 127. The SMILES string of the molecule is COC(=O)c1cc(-c2ccccc2)c(I)cc1S(C)(=O)=O. The highest BCUT2D eigenvalue weighted by Crippen LogP contribution is 2.30. The largest absolute Gasteiger partial charge is 0.465 e. The van der Waals surface area contributed by atoms with Gasteiger partial charge in [0.15, 0.2) is 9.84 Å². The summed E-state index contributed by atoms with van der Waals surface area (Å²) in [5.74, 6) is -0.663. The predicted octanol–water partition coefficient (Wildman–Crippen LogP) is 3.15. The lowest BCUT2D eigenvalue weighted by Gasteiger charge is -2.11. The summed E-state index contributed by atoms with van der Waals surface area (Å²) in [7, 11) is -2.28. The molecule has 2 rings (SSSR count). The Morgan fingerprint density at radius 1 is 1.14 bits per heavy atom. The maximum absolute atomic E-state index is 11.9. The average molecular weight is 416 g/mol. The van der Waals surface area contributed by atoms with Crippen molar-refractivity contribution < 1.29 is 17.9 Å². The van der Waals surface area contributed by atoms with Crippen molar-refractivity contribution in [3.8, 4) is 11.1 Å². The van der Waals surface area contributed by atoms with E-state index >= 15 is 0 Å². The van der Waals surface area contributed by atoms with Gasteiger partial charge in [0.2, 0.25) is 0 Å². The maximum atomic E-state index is 11.9. The van der Waals surface area contributed by atoms with E-state index in [0.29, 0.717) is 0 Å². The molecule has 0 aromatic heterocycles. The Kier molecular flexibility index (Phi) is 4.67. The first-order valence-electron chi connectivity index (χ1n) is 6.02. The summed E-state index contributed by atoms with van der Waals surface area (Å²) in [5, 5.41) is 0. The highest BCUT2D eigenvalue weighted by Gasteiger charge is 2.22. The van der Waals surface area contributed by atoms with Crippen molar-refractivity contribution in [3.05, 3.63) is 51.6 Å². The minimum absolute atomic E-state index is 0.0153. The van der Waals surface area contributed by atoms with Crippen LogP contribution in [0.2, 0.25) is 0 Å². The highest BCUT2D eigenvalue weighted by molar-refractivity contribution is 14.1. The van der Waals surface area contributed by atoms with Crippen LogP contribution in [0.3, 0.4) is 0 Å². The zero-order chi connectivity index (χ0) is 15.6. The van der Waals surface area contributed by atoms with Crippen LogP contribution in [-0.2, 0) is 14.6 Å². The average Bonchev–Trinajstić information content (AvgIpc) is 2.46. The first kappa shape index (κ1) is 16.0. The zero-order valence-corrected chi connectivity index (χ0v) is 14.4. The van der Waals surface area contributed by atoms with Gasteiger partial charge in [-0.05, 0) is 45.9 Å². The molecule has 0 N–H and O–H groups in total. The number of hydrogen-bond acceptors (Lipinski definition) is 4. The molecule has 6 heteroatoms. The molecule has 0 atom stereocenters. The Morgan fingerprint density at radius 2 is 1.76 bits per heavy atom. The van der Waals surface area contributed by atoms with Gasteiger partial charge in [-0.2, -0.15) is 0 Å². The van der Waals surface area contributed by atoms with Crippen LogP contribution in [0.1, 0.15) is 10.4 Å². The third-order valence-electron chi connectivity index (χ3n) is 2.96. The van der Waals surface area contributed by atoms with Crippen molar-refractivity contribution in [2.45, 2.75) is 4.90 Å². The van der Waals surface area contributed by atoms with Gasteiger partial charge in [-0.15, -0.1) is 0 Å². The molecule has 0 saturated carbocycles. The fourth-order valence-corrected chi connectivity index (χ4v) is 3.83. The Hall–Kier alpha value is -1.41. The maximum Gasteiger partial charge on any atom is 0.339 e. The number of benzene rings is 2. The third-order valence-corrected chi connectivity index (χ3v) is 4.99. The molecular formula is C15H13IO4S. The molecule has 2 aromatic rings. The molecule has 0 radical (unpaired) electrons. The minimum atomic E-state index is -3.52. The van der Waals surface area contributed by atoms with E-state index in [4.69, 9.17) is 4.74 Å². The van der Waals surface area contributed by atoms with Crippen LogP contribution < -0.4 is 0 Å². The molecule has 0 aliphatic rings. The van der Waals surface area contributed by atoms with Gasteiger partial charge < -0.3 is 4.74 Å². The molecule has 110 valence electrons. The van der Waals surface area contributed by atoms with Crippen molar-refractivity contribution in [2.75, 3.05) is 13.4 Å². The van der Waals surface area contributed by atoms with Crippen LogP contribution in [0, 0.1) is 3.57 Å². The summed E-state index contributed by atoms with van der Waals surface area (Å²) >= 11 is 2.07. The smallest absolute Gasteiger partial charge is 0.339 e. The molecule has 0 heterocycles. The molecule has 0 fully saturated rings. The molecule has 0 amide bonds. The van der Waals surface area contributed by atoms with Crippen LogP contribution >= 0.6 is 22.6 Å². The summed E-state index contributed by atoms with van der Waals surface area (Å²) in [6.07, 6.45) is 1.08. The summed E-state index contributed by atoms with van der Waals surface area (Å²) < 4.78 is 29.2. The summed E-state index contributed by atoms with van der Waals surface area (Å²) in [6.45, 7) is 0. The standard InChI is InChI=1S/C15H13IO4S/c1-20-15(17)12-8-11(10-6-4-3-5-7-10)13(16)9-14(12)21(2,18)19/h3-9H,1-2H3. The van der Waals surface area contributed by atoms with Gasteiger partial charge in [-0.1, -0.05) is 30.3 Å². The topological polar surface area (TPSA) is 60.4 Å². The van der Waals surface area contributed by atoms with Crippen molar-refractivity contribution in [3.63, 3.8) is 0 Å². The second-order valence-corrected chi connectivity index (χ2v) is 7.60. The number of methoxy groups -OCH3 is 1. The number of ether oxygens (including phenoxy) is 1. The Bertz CT molecular complexity index is 783. The van der Waals surface area contributed by atoms with Gasteiger partial charge in [-0.25, -0.2) is 13.2 Å². The lowest BCUT2D eigenvalue weighted by Crippen LogP contribution is -2.10. The molecule has 0 saturated heterocycles. The number of carbonyl (C=O) groups excluding carboxylic acids is 1. The second-order valence-electron chi connectivity index (χ2n) is 4.46. The zero-order valence-electron chi connectivity index (χ0n) is 11.5. The fourth-order valence-electron chi connectivity index (χ4n) is 1.97. The van der Waals surface area contributed by atoms with Gasteiger partial charge in [0.25, 0.3) is 0 Å². The van der Waals surface area contributed by atoms with Gasteiger partial charge in [0.05, 0.1) is 17.6 Å². The molecule has 21 heavy (non-hydrogen) atoms. The van der Waals surface area contributed by atoms with Crippen LogP contribution in [0.4, 0.5) is 0 Å². The molecule has 0 aliphatic carbocycles. The monoisotopic (exact) mass is 416 g/mol. The molecule has 0 aliphatic heterocycles. The number of sulfone groups is 1. The van der Waals surface area contributed by atoms with Crippen LogP contribution in [0.25, 0.3) is 11.1 Å². The number of hydrogen-bond donors (Lipinski definition) is 0. The first-order valence-corrected chi connectivity index (χ1v) is 8.99. The third kappa shape index (κ3) is 3.44. The van der Waals surface area contributed by atoms with Crippen LogP contribution in [-0.4, -0.2) is 27.8 Å². The first-order chi connectivity index (χ1) is 9.84. The summed E-state index contributed by atoms with van der Waals surface area (Å²) in [6, 6.07) is 12.5. The van der Waals surface area contributed by atoms with Crippen molar-refractivity contribution >= 4 is 38.4 Å². The molecule has 4 nitrogen and oxygen atoms in total. The predicted molar refractivity (Wildman–Crippen MR) is 89.0 cm³/mol. The lowest BCUT2D eigenvalue weighted by molar-refractivity contribution is 0.0596. The van der Waals surface area contributed by atoms with E-state index in [9.17, 15) is 13.2 Å². The van der Waals surface area contributed by atoms with Gasteiger partial charge in [0, 0.05) is 9.83 Å². The van der Waals surface area contributed by atoms with E-state index in [2.05, 4.69) is 22.6 Å². The van der Waals surface area contributed by atoms with E-state index in [0.717, 1.165) is 21.0 Å². The number of esters is 1. The number of rotatable bonds is 3. The van der Waals surface area contributed by atoms with Crippen molar-refractivity contribution in [1.29, 1.82) is 0 Å². The van der Waals surface area contributed by atoms with Crippen LogP contribution in [0.15, 0.2) is 47.4 Å². The number of carbonyl (C=O) groups is 1. The lowest BCUT2D eigenvalue weighted by atomic mass is 10.0. The van der Waals surface area contributed by atoms with Gasteiger partial charge in [-0.3, -0.25) is 0 Å². The van der Waals surface area contributed by atoms with E-state index in [1.54, 1.807) is 6.07 Å². The fraction of sp³-hybridized carbons (Fsp3) is 0.133. The van der Waals surface area contributed by atoms with E-state index < -0.39 is 15.8 Å². The van der Waals surface area contributed by atoms with Crippen molar-refractivity contribution in [2.24, 2.45) is 0 Å². The summed E-state index contributed by atoms with van der Waals surface area (Å²) in [5.41, 5.74) is 1.76. The van der Waals surface area contributed by atoms with E-state index in [-0.39, 0.29) is 10.5 Å². The van der Waals surface area contributed by atoms with E-state index in [1.807, 2.05) is 30.3 Å². The van der Waals surface area contributed by atoms with Crippen LogP contribution in [0.5, 0.6) is 0 Å². The van der Waals surface area contributed by atoms with E-state index in [1.165, 1.54) is 13.2 Å². The minimum Gasteiger partial charge on any atom is -0.465 e. The molecule has 0 bridgehead atoms. The summed E-state index contributed by atoms with van der Waals surface area (Å²) in [4.78, 5) is 11.9. The molecule has 0 unspecified atom stereocenters. The van der Waals surface area contributed by atoms with Gasteiger partial charge in [0.1, 0.15) is 0 Å². The Labute approximate surface area is 137 Å². The number of halogens is 1. The van der Waals surface area contributed by atoms with Gasteiger partial charge >= 0.3 is 5.97 Å².